The third kappa shape index (κ3) is 1.19. The molecule has 0 bridgehead atoms. The minimum Gasteiger partial charge on any atom is -0.408 e. The molecule has 1 aromatic carbocycles. The van der Waals surface area contributed by atoms with Crippen LogP contribution in [-0.2, 0) is 11.2 Å². The second kappa shape index (κ2) is 2.95. The van der Waals surface area contributed by atoms with Crippen molar-refractivity contribution in [3.63, 3.8) is 0 Å². The number of hydroxylamine groups is 1. The molecule has 0 aromatic heterocycles. The summed E-state index contributed by atoms with van der Waals surface area (Å²) in [5.74, 6) is 0.795. The number of para-hydroxylation sites is 1. The van der Waals surface area contributed by atoms with Crippen LogP contribution in [0.5, 0.6) is 5.75 Å². The van der Waals surface area contributed by atoms with E-state index in [1.54, 1.807) is 0 Å². The molecular formula is C9H8NO2. The molecule has 1 unspecified atom stereocenters. The van der Waals surface area contributed by atoms with Gasteiger partial charge >= 0.3 is 0 Å². The molecule has 1 aromatic rings. The number of hydrogen-bond donors (Lipinski definition) is 1. The van der Waals surface area contributed by atoms with Gasteiger partial charge < -0.3 is 4.84 Å². The predicted octanol–water partition coefficient (Wildman–Crippen LogP) is 0.604. The minimum atomic E-state index is -0.333. The molecule has 1 N–H and O–H groups in total. The van der Waals surface area contributed by atoms with Gasteiger partial charge in [0.1, 0.15) is 11.8 Å². The van der Waals surface area contributed by atoms with E-state index < -0.39 is 0 Å². The average molecular weight is 162 g/mol. The fraction of sp³-hybridized carbons (Fsp3) is 0.222. The molecule has 0 aliphatic carbocycles. The number of rotatable bonds is 1. The number of carbonyl (C=O) groups excluding carboxylic acids is 1. The van der Waals surface area contributed by atoms with E-state index >= 15 is 0 Å². The third-order valence-corrected chi connectivity index (χ3v) is 1.85. The molecular weight excluding hydrogens is 154 g/mol. The summed E-state index contributed by atoms with van der Waals surface area (Å²) in [4.78, 5) is 15.4. The highest BCUT2D eigenvalue weighted by atomic mass is 16.6. The van der Waals surface area contributed by atoms with E-state index in [0.717, 1.165) is 11.3 Å². The van der Waals surface area contributed by atoms with Crippen LogP contribution in [0, 0.1) is 0 Å². The molecule has 1 aliphatic heterocycles. The fourth-order valence-electron chi connectivity index (χ4n) is 1.23. The fourth-order valence-corrected chi connectivity index (χ4v) is 1.23. The van der Waals surface area contributed by atoms with Crippen LogP contribution in [0.3, 0.4) is 0 Å². The molecule has 1 atom stereocenters. The number of benzene rings is 1. The molecule has 2 rings (SSSR count). The monoisotopic (exact) mass is 162 g/mol. The molecule has 1 heterocycles. The largest absolute Gasteiger partial charge is 0.408 e. The summed E-state index contributed by atoms with van der Waals surface area (Å²) in [6, 6.07) is 7.30. The van der Waals surface area contributed by atoms with E-state index in [2.05, 4.69) is 5.48 Å². The van der Waals surface area contributed by atoms with Crippen molar-refractivity contribution in [2.45, 2.75) is 12.5 Å². The molecule has 3 heteroatoms. The van der Waals surface area contributed by atoms with Crippen molar-refractivity contribution in [2.24, 2.45) is 0 Å². The quantitative estimate of drug-likeness (QED) is 0.657. The van der Waals surface area contributed by atoms with Gasteiger partial charge in [0.2, 0.25) is 6.29 Å². The Bertz CT molecular complexity index is 298. The maximum atomic E-state index is 10.3. The lowest BCUT2D eigenvalue weighted by atomic mass is 10.1. The Labute approximate surface area is 70.3 Å². The first-order chi connectivity index (χ1) is 5.90. The van der Waals surface area contributed by atoms with Gasteiger partial charge in [0.25, 0.3) is 0 Å². The second-order valence-electron chi connectivity index (χ2n) is 2.70. The van der Waals surface area contributed by atoms with Crippen LogP contribution in [0.4, 0.5) is 0 Å². The first kappa shape index (κ1) is 7.31. The maximum absolute atomic E-state index is 10.3. The van der Waals surface area contributed by atoms with Gasteiger partial charge in [-0.1, -0.05) is 18.2 Å². The highest BCUT2D eigenvalue weighted by Gasteiger charge is 2.18. The van der Waals surface area contributed by atoms with Crippen molar-refractivity contribution in [3.8, 4) is 5.75 Å². The van der Waals surface area contributed by atoms with Gasteiger partial charge in [0.05, 0.1) is 0 Å². The van der Waals surface area contributed by atoms with Crippen LogP contribution in [0.1, 0.15) is 5.56 Å². The van der Waals surface area contributed by atoms with Crippen molar-refractivity contribution in [1.29, 1.82) is 0 Å². The zero-order chi connectivity index (χ0) is 8.39. The highest BCUT2D eigenvalue weighted by Crippen LogP contribution is 2.21. The van der Waals surface area contributed by atoms with Gasteiger partial charge in [0, 0.05) is 6.42 Å². The van der Waals surface area contributed by atoms with Crippen molar-refractivity contribution in [2.75, 3.05) is 0 Å². The van der Waals surface area contributed by atoms with Gasteiger partial charge in [-0.2, -0.15) is 0 Å². The van der Waals surface area contributed by atoms with Gasteiger partial charge in [-0.25, -0.2) is 0 Å². The summed E-state index contributed by atoms with van der Waals surface area (Å²) in [5.41, 5.74) is 3.65. The summed E-state index contributed by atoms with van der Waals surface area (Å²) in [5, 5.41) is 0. The molecule has 12 heavy (non-hydrogen) atoms. The van der Waals surface area contributed by atoms with Gasteiger partial charge in [-0.3, -0.25) is 4.79 Å². The van der Waals surface area contributed by atoms with E-state index in [1.165, 1.54) is 0 Å². The van der Waals surface area contributed by atoms with Crippen LogP contribution < -0.4 is 10.3 Å². The van der Waals surface area contributed by atoms with Gasteiger partial charge in [-0.15, -0.1) is 5.48 Å². The molecule has 0 spiro atoms. The summed E-state index contributed by atoms with van der Waals surface area (Å²) in [7, 11) is 0. The van der Waals surface area contributed by atoms with E-state index in [4.69, 9.17) is 4.84 Å². The predicted molar refractivity (Wildman–Crippen MR) is 43.4 cm³/mol. The molecule has 0 saturated heterocycles. The normalized spacial score (nSPS) is 20.8. The highest BCUT2D eigenvalue weighted by molar-refractivity contribution is 5.60. The average Bonchev–Trinajstić information content (AvgIpc) is 2.17. The Morgan fingerprint density at radius 2 is 2.33 bits per heavy atom. The Balaban J connectivity index is 2.28. The number of hydrogen-bond acceptors (Lipinski definition) is 3. The first-order valence-corrected chi connectivity index (χ1v) is 3.78. The zero-order valence-electron chi connectivity index (χ0n) is 6.41. The lowest BCUT2D eigenvalue weighted by Crippen LogP contribution is -2.38. The molecule has 0 saturated carbocycles. The van der Waals surface area contributed by atoms with Crippen LogP contribution in [-0.4, -0.2) is 12.3 Å². The number of fused-ring (bicyclic) bond motifs is 1. The summed E-state index contributed by atoms with van der Waals surface area (Å²) >= 11 is 0. The summed E-state index contributed by atoms with van der Waals surface area (Å²) in [6.45, 7) is 0. The lowest BCUT2D eigenvalue weighted by molar-refractivity contribution is 0.158. The van der Waals surface area contributed by atoms with E-state index in [-0.39, 0.29) is 6.04 Å². The Kier molecular flexibility index (Phi) is 1.80. The number of nitrogens with one attached hydrogen (secondary N) is 1. The lowest BCUT2D eigenvalue weighted by Gasteiger charge is -2.20. The molecule has 61 valence electrons. The Hall–Kier alpha value is -1.35. The van der Waals surface area contributed by atoms with Crippen LogP contribution in [0.25, 0.3) is 0 Å². The van der Waals surface area contributed by atoms with E-state index in [9.17, 15) is 4.79 Å². The molecule has 0 amide bonds. The molecule has 1 radical (unpaired) electrons. The maximum Gasteiger partial charge on any atom is 0.220 e. The zero-order valence-corrected chi connectivity index (χ0v) is 6.41. The summed E-state index contributed by atoms with van der Waals surface area (Å²) < 4.78 is 0. The van der Waals surface area contributed by atoms with Crippen molar-refractivity contribution < 1.29 is 9.63 Å². The van der Waals surface area contributed by atoms with Gasteiger partial charge in [0.15, 0.2) is 0 Å². The third-order valence-electron chi connectivity index (χ3n) is 1.85. The molecule has 0 fully saturated rings. The Morgan fingerprint density at radius 1 is 1.50 bits per heavy atom. The van der Waals surface area contributed by atoms with Gasteiger partial charge in [-0.05, 0) is 11.6 Å². The van der Waals surface area contributed by atoms with Crippen LogP contribution in [0.2, 0.25) is 0 Å². The molecule has 1 aliphatic rings. The molecule has 3 nitrogen and oxygen atoms in total. The second-order valence-corrected chi connectivity index (χ2v) is 2.70. The summed E-state index contributed by atoms with van der Waals surface area (Å²) in [6.07, 6.45) is 2.51. The van der Waals surface area contributed by atoms with Crippen molar-refractivity contribution in [3.05, 3.63) is 29.8 Å². The van der Waals surface area contributed by atoms with Crippen molar-refractivity contribution >= 4 is 6.29 Å². The minimum absolute atomic E-state index is 0.333. The van der Waals surface area contributed by atoms with E-state index in [1.807, 2.05) is 30.6 Å². The smallest absolute Gasteiger partial charge is 0.220 e. The SMILES string of the molecule is O=[C]C1Cc2ccccc2ON1. The van der Waals surface area contributed by atoms with Crippen molar-refractivity contribution in [1.82, 2.24) is 5.48 Å². The standard InChI is InChI=1S/C9H8NO2/c11-6-8-5-7-3-1-2-4-9(7)12-10-8/h1-4,8,10H,5H2. The van der Waals surface area contributed by atoms with Crippen LogP contribution in [0.15, 0.2) is 24.3 Å². The first-order valence-electron chi connectivity index (χ1n) is 3.78. The Morgan fingerprint density at radius 3 is 3.17 bits per heavy atom. The topological polar surface area (TPSA) is 38.3 Å². The van der Waals surface area contributed by atoms with E-state index in [0.29, 0.717) is 6.42 Å². The van der Waals surface area contributed by atoms with Crippen LogP contribution >= 0.6 is 0 Å².